The van der Waals surface area contributed by atoms with Crippen molar-refractivity contribution in [3.8, 4) is 0 Å². The molecule has 0 radical (unpaired) electrons. The summed E-state index contributed by atoms with van der Waals surface area (Å²) in [5.41, 5.74) is 2.50. The number of carbonyl (C=O) groups excluding carboxylic acids is 2. The lowest BCUT2D eigenvalue weighted by molar-refractivity contribution is -0.115. The molecule has 3 rings (SSSR count). The van der Waals surface area contributed by atoms with Crippen LogP contribution in [0.2, 0.25) is 0 Å². The number of carbonyl (C=O) groups is 2. The quantitative estimate of drug-likeness (QED) is 0.688. The number of hydrogen-bond acceptors (Lipinski definition) is 2. The van der Waals surface area contributed by atoms with E-state index >= 15 is 0 Å². The average Bonchev–Trinajstić information content (AvgIpc) is 3.00. The van der Waals surface area contributed by atoms with Gasteiger partial charge in [0.15, 0.2) is 11.6 Å². The van der Waals surface area contributed by atoms with E-state index in [2.05, 4.69) is 15.9 Å². The van der Waals surface area contributed by atoms with Gasteiger partial charge in [0.25, 0.3) is 0 Å². The fraction of sp³-hybridized carbons (Fsp3) is 0.200. The number of hydrogen-bond donors (Lipinski definition) is 0. The second kappa shape index (κ2) is 7.05. The van der Waals surface area contributed by atoms with E-state index in [9.17, 15) is 9.59 Å². The van der Waals surface area contributed by atoms with Gasteiger partial charge in [0, 0.05) is 28.8 Å². The number of Topliss-reactive ketones (excluding diaryl/α,β-unsaturated/α-hetero) is 2. The Morgan fingerprint density at radius 2 is 1.74 bits per heavy atom. The zero-order chi connectivity index (χ0) is 16.2. The van der Waals surface area contributed by atoms with Gasteiger partial charge in [-0.25, -0.2) is 0 Å². The van der Waals surface area contributed by atoms with Gasteiger partial charge < -0.3 is 0 Å². The van der Waals surface area contributed by atoms with Crippen molar-refractivity contribution < 1.29 is 9.59 Å². The second-order valence-electron chi connectivity index (χ2n) is 5.72. The second-order valence-corrected chi connectivity index (χ2v) is 6.63. The van der Waals surface area contributed by atoms with Crippen LogP contribution in [0.15, 0.2) is 70.7 Å². The molecule has 0 aliphatic heterocycles. The predicted molar refractivity (Wildman–Crippen MR) is 94.6 cm³/mol. The standard InChI is InChI=1S/C20H17BrO2/c21-16-11-9-14(10-12-16)18(17-7-4-8-19(17)22)13-20(23)15-5-2-1-3-6-15/h1-3,5-7,9-12,18H,4,8,13H2. The summed E-state index contributed by atoms with van der Waals surface area (Å²) < 4.78 is 0.987. The third-order valence-electron chi connectivity index (χ3n) is 4.19. The zero-order valence-electron chi connectivity index (χ0n) is 12.7. The van der Waals surface area contributed by atoms with Gasteiger partial charge in [-0.05, 0) is 29.7 Å². The Balaban J connectivity index is 1.91. The molecule has 1 atom stereocenters. The number of halogens is 1. The van der Waals surface area contributed by atoms with Crippen molar-refractivity contribution in [1.82, 2.24) is 0 Å². The van der Waals surface area contributed by atoms with E-state index in [1.165, 1.54) is 0 Å². The highest BCUT2D eigenvalue weighted by Gasteiger charge is 2.27. The van der Waals surface area contributed by atoms with Crippen LogP contribution in [0.3, 0.4) is 0 Å². The lowest BCUT2D eigenvalue weighted by Crippen LogP contribution is -2.13. The third-order valence-corrected chi connectivity index (χ3v) is 4.72. The first kappa shape index (κ1) is 15.9. The van der Waals surface area contributed by atoms with Crippen LogP contribution in [-0.2, 0) is 4.79 Å². The molecule has 0 heterocycles. The number of benzene rings is 2. The SMILES string of the molecule is O=C1CCC=C1C(CC(=O)c1ccccc1)c1ccc(Br)cc1. The van der Waals surface area contributed by atoms with Gasteiger partial charge in [-0.3, -0.25) is 9.59 Å². The molecule has 3 heteroatoms. The molecule has 0 aromatic heterocycles. The zero-order valence-corrected chi connectivity index (χ0v) is 14.3. The molecule has 1 aliphatic carbocycles. The van der Waals surface area contributed by atoms with Crippen molar-refractivity contribution in [2.45, 2.75) is 25.2 Å². The summed E-state index contributed by atoms with van der Waals surface area (Å²) in [7, 11) is 0. The van der Waals surface area contributed by atoms with Crippen LogP contribution < -0.4 is 0 Å². The summed E-state index contributed by atoms with van der Waals surface area (Å²) in [6, 6.07) is 17.1. The Labute approximate surface area is 144 Å². The van der Waals surface area contributed by atoms with Crippen molar-refractivity contribution in [2.75, 3.05) is 0 Å². The molecular weight excluding hydrogens is 352 g/mol. The molecule has 2 nitrogen and oxygen atoms in total. The van der Waals surface area contributed by atoms with Crippen LogP contribution in [0.4, 0.5) is 0 Å². The van der Waals surface area contributed by atoms with Crippen LogP contribution in [0.5, 0.6) is 0 Å². The van der Waals surface area contributed by atoms with Gasteiger partial charge in [-0.2, -0.15) is 0 Å². The average molecular weight is 369 g/mol. The lowest BCUT2D eigenvalue weighted by atomic mass is 9.84. The first-order chi connectivity index (χ1) is 11.1. The van der Waals surface area contributed by atoms with E-state index < -0.39 is 0 Å². The molecule has 0 bridgehead atoms. The Morgan fingerprint density at radius 3 is 2.35 bits per heavy atom. The Bertz CT molecular complexity index is 745. The largest absolute Gasteiger partial charge is 0.295 e. The van der Waals surface area contributed by atoms with Crippen molar-refractivity contribution in [3.05, 3.63) is 81.8 Å². The Kier molecular flexibility index (Phi) is 4.87. The summed E-state index contributed by atoms with van der Waals surface area (Å²) in [5.74, 6) is 0.0729. The van der Waals surface area contributed by atoms with E-state index in [0.29, 0.717) is 18.4 Å². The molecule has 0 fully saturated rings. The van der Waals surface area contributed by atoms with Gasteiger partial charge in [-0.15, -0.1) is 0 Å². The van der Waals surface area contributed by atoms with Gasteiger partial charge in [-0.1, -0.05) is 64.5 Å². The molecule has 116 valence electrons. The summed E-state index contributed by atoms with van der Waals surface area (Å²) >= 11 is 3.43. The highest BCUT2D eigenvalue weighted by atomic mass is 79.9. The molecule has 0 spiro atoms. The van der Waals surface area contributed by atoms with Gasteiger partial charge in [0.2, 0.25) is 0 Å². The first-order valence-electron chi connectivity index (χ1n) is 7.72. The van der Waals surface area contributed by atoms with Crippen molar-refractivity contribution in [2.24, 2.45) is 0 Å². The van der Waals surface area contributed by atoms with Gasteiger partial charge >= 0.3 is 0 Å². The van der Waals surface area contributed by atoms with E-state index in [0.717, 1.165) is 22.0 Å². The van der Waals surface area contributed by atoms with Crippen LogP contribution in [0, 0.1) is 0 Å². The normalized spacial score (nSPS) is 15.3. The molecule has 23 heavy (non-hydrogen) atoms. The maximum Gasteiger partial charge on any atom is 0.163 e. The minimum atomic E-state index is -0.161. The fourth-order valence-corrected chi connectivity index (χ4v) is 3.25. The van der Waals surface area contributed by atoms with Crippen molar-refractivity contribution >= 4 is 27.5 Å². The number of ketones is 2. The minimum Gasteiger partial charge on any atom is -0.295 e. The monoisotopic (exact) mass is 368 g/mol. The number of allylic oxidation sites excluding steroid dienone is 2. The Morgan fingerprint density at radius 1 is 1.04 bits per heavy atom. The molecule has 1 unspecified atom stereocenters. The van der Waals surface area contributed by atoms with E-state index in [4.69, 9.17) is 0 Å². The predicted octanol–water partition coefficient (Wildman–Crippen LogP) is 5.10. The van der Waals surface area contributed by atoms with Crippen LogP contribution in [0.1, 0.15) is 41.1 Å². The highest BCUT2D eigenvalue weighted by molar-refractivity contribution is 9.10. The van der Waals surface area contributed by atoms with Crippen LogP contribution >= 0.6 is 15.9 Å². The molecule has 0 saturated heterocycles. The van der Waals surface area contributed by atoms with E-state index in [1.807, 2.05) is 60.7 Å². The molecule has 0 amide bonds. The number of rotatable bonds is 5. The molecule has 1 aliphatic rings. The Hall–Kier alpha value is -2.00. The van der Waals surface area contributed by atoms with Crippen LogP contribution in [-0.4, -0.2) is 11.6 Å². The van der Waals surface area contributed by atoms with Crippen molar-refractivity contribution in [3.63, 3.8) is 0 Å². The van der Waals surface area contributed by atoms with E-state index in [-0.39, 0.29) is 17.5 Å². The topological polar surface area (TPSA) is 34.1 Å². The third kappa shape index (κ3) is 3.67. The summed E-state index contributed by atoms with van der Waals surface area (Å²) in [6.07, 6.45) is 3.65. The molecule has 0 N–H and O–H groups in total. The lowest BCUT2D eigenvalue weighted by Gasteiger charge is -2.18. The van der Waals surface area contributed by atoms with Crippen molar-refractivity contribution in [1.29, 1.82) is 0 Å². The highest BCUT2D eigenvalue weighted by Crippen LogP contribution is 2.34. The first-order valence-corrected chi connectivity index (χ1v) is 8.51. The summed E-state index contributed by atoms with van der Waals surface area (Å²) in [6.45, 7) is 0. The molecule has 2 aromatic carbocycles. The smallest absolute Gasteiger partial charge is 0.163 e. The molecule has 0 saturated carbocycles. The molecular formula is C20H17BrO2. The van der Waals surface area contributed by atoms with E-state index in [1.54, 1.807) is 0 Å². The fourth-order valence-electron chi connectivity index (χ4n) is 2.98. The van der Waals surface area contributed by atoms with Gasteiger partial charge in [0.05, 0.1) is 0 Å². The van der Waals surface area contributed by atoms with Crippen LogP contribution in [0.25, 0.3) is 0 Å². The summed E-state index contributed by atoms with van der Waals surface area (Å²) in [4.78, 5) is 24.8. The maximum atomic E-state index is 12.6. The minimum absolute atomic E-state index is 0.0686. The maximum absolute atomic E-state index is 12.6. The van der Waals surface area contributed by atoms with Gasteiger partial charge in [0.1, 0.15) is 0 Å². The molecule has 2 aromatic rings. The summed E-state index contributed by atoms with van der Waals surface area (Å²) in [5, 5.41) is 0.